The predicted octanol–water partition coefficient (Wildman–Crippen LogP) is 5.31. The lowest BCUT2D eigenvalue weighted by atomic mass is 9.97. The molecule has 0 N–H and O–H groups in total. The first-order valence-corrected chi connectivity index (χ1v) is 6.27. The number of hydrogen-bond donors (Lipinski definition) is 0. The molecule has 17 heavy (non-hydrogen) atoms. The lowest BCUT2D eigenvalue weighted by Crippen LogP contribution is -1.92. The van der Waals surface area contributed by atoms with Crippen LogP contribution in [0.1, 0.15) is 41.0 Å². The Morgan fingerprint density at radius 3 is 2.18 bits per heavy atom. The highest BCUT2D eigenvalue weighted by molar-refractivity contribution is 5.36. The molecule has 0 saturated carbocycles. The Morgan fingerprint density at radius 2 is 1.82 bits per heavy atom. The van der Waals surface area contributed by atoms with E-state index in [0.29, 0.717) is 5.92 Å². The first kappa shape index (κ1) is 17.9. The lowest BCUT2D eigenvalue weighted by molar-refractivity contribution is 0.787. The second-order valence-corrected chi connectivity index (χ2v) is 3.65. The fraction of sp³-hybridized carbons (Fsp3) is 0.412. The van der Waals surface area contributed by atoms with E-state index in [0.717, 1.165) is 6.42 Å². The minimum absolute atomic E-state index is 0.622. The Bertz CT molecular complexity index is 306. The number of allylic oxidation sites excluding steroid dienone is 8. The highest BCUT2D eigenvalue weighted by Crippen LogP contribution is 2.17. The van der Waals surface area contributed by atoms with E-state index in [1.807, 2.05) is 13.8 Å². The molecule has 1 rings (SSSR count). The van der Waals surface area contributed by atoms with Gasteiger partial charge in [-0.25, -0.2) is 0 Å². The molecule has 0 saturated heterocycles. The van der Waals surface area contributed by atoms with Crippen molar-refractivity contribution in [3.8, 4) is 12.8 Å². The van der Waals surface area contributed by atoms with Crippen LogP contribution in [-0.2, 0) is 0 Å². The maximum absolute atomic E-state index is 4.00. The molecule has 0 aromatic heterocycles. The van der Waals surface area contributed by atoms with Gasteiger partial charge in [-0.1, -0.05) is 64.2 Å². The molecular weight excluding hydrogens is 204 g/mol. The molecule has 0 unspecified atom stereocenters. The van der Waals surface area contributed by atoms with Gasteiger partial charge in [0.15, 0.2) is 0 Å². The molecule has 0 aromatic rings. The SMILES string of the molecule is C#C.C/C=C(\C=C1\C=CC=CC1)C(C)C.CC. The zero-order chi connectivity index (χ0) is 13.7. The Morgan fingerprint density at radius 1 is 1.24 bits per heavy atom. The quantitative estimate of drug-likeness (QED) is 0.564. The van der Waals surface area contributed by atoms with Crippen LogP contribution in [-0.4, -0.2) is 0 Å². The molecular formula is C17H26. The molecule has 94 valence electrons. The fourth-order valence-corrected chi connectivity index (χ4v) is 1.43. The van der Waals surface area contributed by atoms with Gasteiger partial charge in [-0.15, -0.1) is 12.8 Å². The third-order valence-corrected chi connectivity index (χ3v) is 2.26. The van der Waals surface area contributed by atoms with Crippen LogP contribution in [0.15, 0.2) is 47.6 Å². The largest absolute Gasteiger partial charge is 0.124 e. The third-order valence-electron chi connectivity index (χ3n) is 2.26. The first-order valence-electron chi connectivity index (χ1n) is 6.27. The zero-order valence-electron chi connectivity index (χ0n) is 11.9. The average molecular weight is 230 g/mol. The average Bonchev–Trinajstić information content (AvgIpc) is 2.41. The topological polar surface area (TPSA) is 0 Å². The highest BCUT2D eigenvalue weighted by atomic mass is 14.1. The van der Waals surface area contributed by atoms with Gasteiger partial charge in [-0.2, -0.15) is 0 Å². The molecule has 0 fully saturated rings. The van der Waals surface area contributed by atoms with E-state index in [1.54, 1.807) is 0 Å². The van der Waals surface area contributed by atoms with Gasteiger partial charge in [0.05, 0.1) is 0 Å². The van der Waals surface area contributed by atoms with Gasteiger partial charge < -0.3 is 0 Å². The van der Waals surface area contributed by atoms with Crippen LogP contribution in [0.4, 0.5) is 0 Å². The van der Waals surface area contributed by atoms with E-state index in [-0.39, 0.29) is 0 Å². The Balaban J connectivity index is 0. The van der Waals surface area contributed by atoms with Crippen molar-refractivity contribution in [3.63, 3.8) is 0 Å². The normalized spacial score (nSPS) is 16.0. The van der Waals surface area contributed by atoms with E-state index < -0.39 is 0 Å². The van der Waals surface area contributed by atoms with Gasteiger partial charge >= 0.3 is 0 Å². The van der Waals surface area contributed by atoms with Crippen molar-refractivity contribution >= 4 is 0 Å². The lowest BCUT2D eigenvalue weighted by Gasteiger charge is -2.08. The fourth-order valence-electron chi connectivity index (χ4n) is 1.43. The van der Waals surface area contributed by atoms with E-state index in [1.165, 1.54) is 11.1 Å². The molecule has 0 amide bonds. The molecule has 0 aromatic carbocycles. The summed E-state index contributed by atoms with van der Waals surface area (Å²) in [5.74, 6) is 0.622. The van der Waals surface area contributed by atoms with Crippen molar-refractivity contribution < 1.29 is 0 Å². The summed E-state index contributed by atoms with van der Waals surface area (Å²) in [6.45, 7) is 10.6. The molecule has 0 nitrogen and oxygen atoms in total. The number of terminal acetylenes is 1. The molecule has 1 aliphatic rings. The molecule has 0 heteroatoms. The van der Waals surface area contributed by atoms with E-state index in [9.17, 15) is 0 Å². The van der Waals surface area contributed by atoms with Crippen molar-refractivity contribution in [2.45, 2.75) is 41.0 Å². The maximum atomic E-state index is 4.00. The highest BCUT2D eigenvalue weighted by Gasteiger charge is 2.00. The van der Waals surface area contributed by atoms with Crippen molar-refractivity contribution in [2.24, 2.45) is 5.92 Å². The van der Waals surface area contributed by atoms with E-state index >= 15 is 0 Å². The predicted molar refractivity (Wildman–Crippen MR) is 80.8 cm³/mol. The van der Waals surface area contributed by atoms with Crippen molar-refractivity contribution in [2.75, 3.05) is 0 Å². The Hall–Kier alpha value is -1.48. The van der Waals surface area contributed by atoms with Crippen LogP contribution in [0.3, 0.4) is 0 Å². The van der Waals surface area contributed by atoms with E-state index in [2.05, 4.69) is 70.1 Å². The molecule has 0 aliphatic heterocycles. The van der Waals surface area contributed by atoms with Crippen LogP contribution in [0.2, 0.25) is 0 Å². The van der Waals surface area contributed by atoms with Gasteiger partial charge in [-0.05, 0) is 30.4 Å². The molecule has 0 radical (unpaired) electrons. The first-order chi connectivity index (χ1) is 8.24. The van der Waals surface area contributed by atoms with Gasteiger partial charge in [0.2, 0.25) is 0 Å². The van der Waals surface area contributed by atoms with Crippen molar-refractivity contribution in [1.82, 2.24) is 0 Å². The van der Waals surface area contributed by atoms with Gasteiger partial charge in [-0.3, -0.25) is 0 Å². The van der Waals surface area contributed by atoms with Gasteiger partial charge in [0.1, 0.15) is 0 Å². The standard InChI is InChI=1S/C13H18.C2H6.C2H2/c1-4-13(11(2)3)10-12-8-6-5-7-9-12;2*1-2/h4-8,10-11H,9H2,1-3H3;1-2H3;1-2H/b12-10-,13-4+;;. The van der Waals surface area contributed by atoms with Crippen molar-refractivity contribution in [3.05, 3.63) is 47.6 Å². The summed E-state index contributed by atoms with van der Waals surface area (Å²) in [5, 5.41) is 0. The smallest absolute Gasteiger partial charge is 0.00942 e. The summed E-state index contributed by atoms with van der Waals surface area (Å²) in [7, 11) is 0. The van der Waals surface area contributed by atoms with Crippen LogP contribution in [0, 0.1) is 18.8 Å². The summed E-state index contributed by atoms with van der Waals surface area (Å²) in [6.07, 6.45) is 22.1. The maximum Gasteiger partial charge on any atom is -0.00942 e. The Labute approximate surface area is 108 Å². The molecule has 0 heterocycles. The Kier molecular flexibility index (Phi) is 13.3. The second kappa shape index (κ2) is 12.6. The molecule has 1 aliphatic carbocycles. The summed E-state index contributed by atoms with van der Waals surface area (Å²) in [6, 6.07) is 0. The summed E-state index contributed by atoms with van der Waals surface area (Å²) in [4.78, 5) is 0. The number of rotatable bonds is 2. The summed E-state index contributed by atoms with van der Waals surface area (Å²) < 4.78 is 0. The monoisotopic (exact) mass is 230 g/mol. The third kappa shape index (κ3) is 8.34. The summed E-state index contributed by atoms with van der Waals surface area (Å²) >= 11 is 0. The van der Waals surface area contributed by atoms with Crippen LogP contribution in [0.25, 0.3) is 0 Å². The molecule has 0 atom stereocenters. The van der Waals surface area contributed by atoms with Crippen LogP contribution in [0.5, 0.6) is 0 Å². The van der Waals surface area contributed by atoms with Crippen molar-refractivity contribution in [1.29, 1.82) is 0 Å². The summed E-state index contributed by atoms with van der Waals surface area (Å²) in [5.41, 5.74) is 2.83. The van der Waals surface area contributed by atoms with Gasteiger partial charge in [0, 0.05) is 0 Å². The minimum atomic E-state index is 0.622. The number of hydrogen-bond acceptors (Lipinski definition) is 0. The van der Waals surface area contributed by atoms with Gasteiger partial charge in [0.25, 0.3) is 0 Å². The zero-order valence-corrected chi connectivity index (χ0v) is 11.9. The van der Waals surface area contributed by atoms with E-state index in [4.69, 9.17) is 0 Å². The minimum Gasteiger partial charge on any atom is -0.124 e. The molecule has 0 bridgehead atoms. The molecule has 0 spiro atoms. The van der Waals surface area contributed by atoms with Crippen LogP contribution >= 0.6 is 0 Å². The second-order valence-electron chi connectivity index (χ2n) is 3.65. The van der Waals surface area contributed by atoms with Crippen LogP contribution < -0.4 is 0 Å².